The van der Waals surface area contributed by atoms with E-state index in [-0.39, 0.29) is 11.5 Å². The van der Waals surface area contributed by atoms with Gasteiger partial charge in [-0.3, -0.25) is 4.79 Å². The van der Waals surface area contributed by atoms with Crippen molar-refractivity contribution in [1.29, 1.82) is 0 Å². The number of hydrogen-bond donors (Lipinski definition) is 2. The molecule has 0 aromatic heterocycles. The zero-order valence-corrected chi connectivity index (χ0v) is 15.6. The lowest BCUT2D eigenvalue weighted by molar-refractivity contribution is -0.116. The molecule has 1 aromatic rings. The Hall–Kier alpha value is -1.84. The van der Waals surface area contributed by atoms with E-state index in [1.807, 2.05) is 0 Å². The fourth-order valence-corrected chi connectivity index (χ4v) is 2.87. The summed E-state index contributed by atoms with van der Waals surface area (Å²) >= 11 is 0. The molecule has 25 heavy (non-hydrogen) atoms. The van der Waals surface area contributed by atoms with E-state index in [1.54, 1.807) is 12.1 Å². The zero-order chi connectivity index (χ0) is 18.3. The number of nitrogens with one attached hydrogen (secondary N) is 1. The number of benzene rings is 1. The normalized spacial score (nSPS) is 10.6. The van der Waals surface area contributed by atoms with Crippen LogP contribution in [0.4, 0.5) is 5.69 Å². The molecule has 140 valence electrons. The van der Waals surface area contributed by atoms with Crippen molar-refractivity contribution in [3.05, 3.63) is 29.8 Å². The Morgan fingerprint density at radius 3 is 1.76 bits per heavy atom. The largest absolute Gasteiger partial charge is 0.478 e. The van der Waals surface area contributed by atoms with Crippen molar-refractivity contribution in [2.75, 3.05) is 5.32 Å². The lowest BCUT2D eigenvalue weighted by Crippen LogP contribution is -2.11. The van der Waals surface area contributed by atoms with Crippen molar-refractivity contribution in [2.45, 2.75) is 84.0 Å². The summed E-state index contributed by atoms with van der Waals surface area (Å²) in [6.45, 7) is 2.25. The average molecular weight is 347 g/mol. The predicted octanol–water partition coefficient (Wildman–Crippen LogP) is 6.02. The molecular weight excluding hydrogens is 314 g/mol. The smallest absolute Gasteiger partial charge is 0.335 e. The van der Waals surface area contributed by atoms with Crippen LogP contribution in [0, 0.1) is 0 Å². The van der Waals surface area contributed by atoms with Gasteiger partial charge in [-0.2, -0.15) is 0 Å². The molecule has 1 aromatic carbocycles. The lowest BCUT2D eigenvalue weighted by atomic mass is 10.1. The summed E-state index contributed by atoms with van der Waals surface area (Å²) in [6.07, 6.45) is 14.5. The maximum absolute atomic E-state index is 11.9. The predicted molar refractivity (Wildman–Crippen MR) is 103 cm³/mol. The van der Waals surface area contributed by atoms with Crippen LogP contribution in [0.3, 0.4) is 0 Å². The minimum atomic E-state index is -0.959. The molecule has 0 aliphatic heterocycles. The molecule has 0 aliphatic carbocycles. The molecule has 4 nitrogen and oxygen atoms in total. The summed E-state index contributed by atoms with van der Waals surface area (Å²) < 4.78 is 0. The van der Waals surface area contributed by atoms with Crippen LogP contribution in [0.2, 0.25) is 0 Å². The SMILES string of the molecule is CCCCCCCCCCCCCC(=O)Nc1ccc(C(=O)O)cc1. The average Bonchev–Trinajstić information content (AvgIpc) is 2.60. The summed E-state index contributed by atoms with van der Waals surface area (Å²) in [5.41, 5.74) is 0.876. The van der Waals surface area contributed by atoms with Crippen LogP contribution in [0.5, 0.6) is 0 Å². The Kier molecular flexibility index (Phi) is 11.4. The molecule has 0 bridgehead atoms. The van der Waals surface area contributed by atoms with Gasteiger partial charge in [0.25, 0.3) is 0 Å². The maximum Gasteiger partial charge on any atom is 0.335 e. The van der Waals surface area contributed by atoms with Crippen molar-refractivity contribution in [3.63, 3.8) is 0 Å². The van der Waals surface area contributed by atoms with Crippen LogP contribution in [0.25, 0.3) is 0 Å². The molecule has 0 heterocycles. The van der Waals surface area contributed by atoms with Crippen LogP contribution in [-0.2, 0) is 4.79 Å². The van der Waals surface area contributed by atoms with Crippen LogP contribution in [0.1, 0.15) is 94.3 Å². The van der Waals surface area contributed by atoms with Crippen molar-refractivity contribution in [2.24, 2.45) is 0 Å². The van der Waals surface area contributed by atoms with Gasteiger partial charge in [-0.1, -0.05) is 71.1 Å². The number of rotatable bonds is 14. The standard InChI is InChI=1S/C21H33NO3/c1-2-3-4-5-6-7-8-9-10-11-12-13-20(23)22-19-16-14-18(15-17-19)21(24)25/h14-17H,2-13H2,1H3,(H,22,23)(H,24,25). The van der Waals surface area contributed by atoms with Gasteiger partial charge < -0.3 is 10.4 Å². The summed E-state index contributed by atoms with van der Waals surface area (Å²) in [5, 5.41) is 11.7. The highest BCUT2D eigenvalue weighted by molar-refractivity contribution is 5.92. The van der Waals surface area contributed by atoms with E-state index in [4.69, 9.17) is 5.11 Å². The first-order valence-electron chi connectivity index (χ1n) is 9.76. The number of carbonyl (C=O) groups is 2. The van der Waals surface area contributed by atoms with E-state index in [0.717, 1.165) is 12.8 Å². The van der Waals surface area contributed by atoms with Crippen molar-refractivity contribution in [1.82, 2.24) is 0 Å². The minimum absolute atomic E-state index is 0.000927. The van der Waals surface area contributed by atoms with Gasteiger partial charge in [0.1, 0.15) is 0 Å². The van der Waals surface area contributed by atoms with Crippen molar-refractivity contribution in [3.8, 4) is 0 Å². The second-order valence-electron chi connectivity index (χ2n) is 6.72. The molecule has 0 fully saturated rings. The second kappa shape index (κ2) is 13.5. The topological polar surface area (TPSA) is 66.4 Å². The molecule has 1 amide bonds. The molecule has 2 N–H and O–H groups in total. The van der Waals surface area contributed by atoms with Crippen LogP contribution < -0.4 is 5.32 Å². The number of carboxylic acids is 1. The summed E-state index contributed by atoms with van der Waals surface area (Å²) in [7, 11) is 0. The van der Waals surface area contributed by atoms with Gasteiger partial charge in [0.2, 0.25) is 5.91 Å². The number of aromatic carboxylic acids is 1. The van der Waals surface area contributed by atoms with Crippen molar-refractivity contribution >= 4 is 17.6 Å². The Bertz CT molecular complexity index is 496. The van der Waals surface area contributed by atoms with E-state index < -0.39 is 5.97 Å². The van der Waals surface area contributed by atoms with Gasteiger partial charge in [-0.15, -0.1) is 0 Å². The fourth-order valence-electron chi connectivity index (χ4n) is 2.87. The van der Waals surface area contributed by atoms with Crippen LogP contribution in [-0.4, -0.2) is 17.0 Å². The molecule has 0 aliphatic rings. The molecule has 0 atom stereocenters. The maximum atomic E-state index is 11.9. The number of carbonyl (C=O) groups excluding carboxylic acids is 1. The summed E-state index contributed by atoms with van der Waals surface area (Å²) in [5.74, 6) is -0.960. The zero-order valence-electron chi connectivity index (χ0n) is 15.6. The number of carboxylic acid groups (broad SMARTS) is 1. The lowest BCUT2D eigenvalue weighted by Gasteiger charge is -2.06. The van der Waals surface area contributed by atoms with E-state index in [2.05, 4.69) is 12.2 Å². The summed E-state index contributed by atoms with van der Waals surface area (Å²) in [4.78, 5) is 22.6. The van der Waals surface area contributed by atoms with E-state index in [1.165, 1.54) is 69.9 Å². The molecule has 0 unspecified atom stereocenters. The van der Waals surface area contributed by atoms with Gasteiger partial charge in [0.05, 0.1) is 5.56 Å². The van der Waals surface area contributed by atoms with Crippen LogP contribution >= 0.6 is 0 Å². The molecular formula is C21H33NO3. The molecule has 4 heteroatoms. The molecule has 0 radical (unpaired) electrons. The van der Waals surface area contributed by atoms with E-state index in [9.17, 15) is 9.59 Å². The van der Waals surface area contributed by atoms with Crippen molar-refractivity contribution < 1.29 is 14.7 Å². The Morgan fingerprint density at radius 2 is 1.28 bits per heavy atom. The van der Waals surface area contributed by atoms with Gasteiger partial charge in [-0.05, 0) is 30.7 Å². The fraction of sp³-hybridized carbons (Fsp3) is 0.619. The Balaban J connectivity index is 1.99. The van der Waals surface area contributed by atoms with Gasteiger partial charge in [-0.25, -0.2) is 4.79 Å². The highest BCUT2D eigenvalue weighted by Gasteiger charge is 2.05. The number of hydrogen-bond acceptors (Lipinski definition) is 2. The monoisotopic (exact) mass is 347 g/mol. The highest BCUT2D eigenvalue weighted by atomic mass is 16.4. The first-order chi connectivity index (χ1) is 12.1. The van der Waals surface area contributed by atoms with Gasteiger partial charge in [0, 0.05) is 12.1 Å². The molecule has 1 rings (SSSR count). The van der Waals surface area contributed by atoms with Gasteiger partial charge in [0.15, 0.2) is 0 Å². The van der Waals surface area contributed by atoms with E-state index >= 15 is 0 Å². The third kappa shape index (κ3) is 10.6. The first-order valence-corrected chi connectivity index (χ1v) is 9.76. The van der Waals surface area contributed by atoms with Gasteiger partial charge >= 0.3 is 5.97 Å². The van der Waals surface area contributed by atoms with E-state index in [0.29, 0.717) is 12.1 Å². The third-order valence-electron chi connectivity index (χ3n) is 4.42. The van der Waals surface area contributed by atoms with Crippen LogP contribution in [0.15, 0.2) is 24.3 Å². The highest BCUT2D eigenvalue weighted by Crippen LogP contribution is 2.13. The number of unbranched alkanes of at least 4 members (excludes halogenated alkanes) is 10. The quantitative estimate of drug-likeness (QED) is 0.404. The summed E-state index contributed by atoms with van der Waals surface area (Å²) in [6, 6.07) is 6.25. The number of anilines is 1. The Labute approximate surface area is 152 Å². The second-order valence-corrected chi connectivity index (χ2v) is 6.72. The number of amides is 1. The third-order valence-corrected chi connectivity index (χ3v) is 4.42. The Morgan fingerprint density at radius 1 is 0.800 bits per heavy atom. The molecule has 0 saturated heterocycles. The first kappa shape index (κ1) is 21.2. The molecule has 0 spiro atoms. The molecule has 0 saturated carbocycles. The minimum Gasteiger partial charge on any atom is -0.478 e.